The van der Waals surface area contributed by atoms with Crippen LogP contribution in [0.15, 0.2) is 66.9 Å². The Labute approximate surface area is 192 Å². The van der Waals surface area contributed by atoms with Gasteiger partial charge in [-0.2, -0.15) is 0 Å². The fourth-order valence-corrected chi connectivity index (χ4v) is 4.80. The van der Waals surface area contributed by atoms with E-state index in [2.05, 4.69) is 45.7 Å². The van der Waals surface area contributed by atoms with Crippen LogP contribution in [0.5, 0.6) is 0 Å². The van der Waals surface area contributed by atoms with E-state index in [4.69, 9.17) is 0 Å². The molecule has 1 unspecified atom stereocenters. The molecule has 5 rings (SSSR count). The van der Waals surface area contributed by atoms with Gasteiger partial charge in [-0.1, -0.05) is 0 Å². The molecule has 1 aliphatic heterocycles. The molecular weight excluding hydrogens is 415 g/mol. The number of nitrogens with one attached hydrogen (secondary N) is 1. The Morgan fingerprint density at radius 2 is 1.79 bits per heavy atom. The lowest BCUT2D eigenvalue weighted by Crippen LogP contribution is -2.40. The fraction of sp³-hybridized carbons (Fsp3) is 0.259. The van der Waals surface area contributed by atoms with E-state index in [1.165, 1.54) is 23.5 Å². The van der Waals surface area contributed by atoms with Gasteiger partial charge in [-0.3, -0.25) is 9.78 Å². The van der Waals surface area contributed by atoms with E-state index in [1.807, 2.05) is 30.3 Å². The minimum Gasteiger partial charge on any atom is -0.370 e. The number of halogens is 1. The molecule has 2 aromatic heterocycles. The standard InChI is InChI=1S/C27H27FN4O/c1-18-5-6-19(2)32(18)23-10-8-22(9-11-23)30-27(33)20-4-3-15-31(17-20)26-13-14-29-25-12-7-21(28)16-24(25)26/h5-14,16,20H,3-4,15,17H2,1-2H3,(H,30,33). The number of rotatable bonds is 4. The number of hydrogen-bond donors (Lipinski definition) is 1. The molecule has 0 radical (unpaired) electrons. The number of aromatic nitrogens is 2. The van der Waals surface area contributed by atoms with E-state index in [0.717, 1.165) is 47.4 Å². The van der Waals surface area contributed by atoms with Crippen molar-refractivity contribution < 1.29 is 9.18 Å². The number of benzene rings is 2. The second-order valence-corrected chi connectivity index (χ2v) is 8.76. The number of carbonyl (C=O) groups is 1. The van der Waals surface area contributed by atoms with E-state index in [0.29, 0.717) is 6.54 Å². The predicted octanol–water partition coefficient (Wildman–Crippen LogP) is 5.64. The number of aryl methyl sites for hydroxylation is 2. The summed E-state index contributed by atoms with van der Waals surface area (Å²) in [5.74, 6) is -0.397. The van der Waals surface area contributed by atoms with E-state index >= 15 is 0 Å². The maximum absolute atomic E-state index is 13.9. The van der Waals surface area contributed by atoms with Gasteiger partial charge in [-0.05, 0) is 87.4 Å². The summed E-state index contributed by atoms with van der Waals surface area (Å²) in [5.41, 5.74) is 5.91. The Morgan fingerprint density at radius 3 is 2.55 bits per heavy atom. The number of anilines is 2. The first-order valence-electron chi connectivity index (χ1n) is 11.3. The molecule has 6 heteroatoms. The van der Waals surface area contributed by atoms with Gasteiger partial charge in [0.05, 0.1) is 11.4 Å². The quantitative estimate of drug-likeness (QED) is 0.445. The van der Waals surface area contributed by atoms with E-state index in [9.17, 15) is 9.18 Å². The molecule has 1 amide bonds. The van der Waals surface area contributed by atoms with Gasteiger partial charge < -0.3 is 14.8 Å². The summed E-state index contributed by atoms with van der Waals surface area (Å²) in [5, 5.41) is 3.87. The molecule has 0 bridgehead atoms. The fourth-order valence-electron chi connectivity index (χ4n) is 4.80. The zero-order chi connectivity index (χ0) is 22.9. The predicted molar refractivity (Wildman–Crippen MR) is 131 cm³/mol. The minimum atomic E-state index is -0.281. The van der Waals surface area contributed by atoms with Crippen LogP contribution in [0.2, 0.25) is 0 Å². The molecule has 1 aliphatic rings. The van der Waals surface area contributed by atoms with Crippen molar-refractivity contribution in [3.63, 3.8) is 0 Å². The maximum atomic E-state index is 13.9. The molecule has 0 spiro atoms. The molecule has 168 valence electrons. The van der Waals surface area contributed by atoms with Crippen LogP contribution in [0, 0.1) is 25.6 Å². The minimum absolute atomic E-state index is 0.0188. The topological polar surface area (TPSA) is 50.2 Å². The monoisotopic (exact) mass is 442 g/mol. The molecule has 33 heavy (non-hydrogen) atoms. The summed E-state index contributed by atoms with van der Waals surface area (Å²) in [4.78, 5) is 19.6. The molecule has 0 aliphatic carbocycles. The van der Waals surface area contributed by atoms with Crippen molar-refractivity contribution >= 4 is 28.2 Å². The van der Waals surface area contributed by atoms with Gasteiger partial charge in [-0.15, -0.1) is 0 Å². The summed E-state index contributed by atoms with van der Waals surface area (Å²) in [6, 6.07) is 18.7. The third kappa shape index (κ3) is 4.21. The Bertz CT molecular complexity index is 1290. The summed E-state index contributed by atoms with van der Waals surface area (Å²) in [7, 11) is 0. The van der Waals surface area contributed by atoms with Gasteiger partial charge in [0.15, 0.2) is 0 Å². The average Bonchev–Trinajstić information content (AvgIpc) is 3.17. The molecule has 5 nitrogen and oxygen atoms in total. The third-order valence-corrected chi connectivity index (χ3v) is 6.48. The lowest BCUT2D eigenvalue weighted by atomic mass is 9.96. The van der Waals surface area contributed by atoms with Gasteiger partial charge in [0, 0.05) is 53.1 Å². The molecular formula is C27H27FN4O. The van der Waals surface area contributed by atoms with Crippen molar-refractivity contribution in [2.75, 3.05) is 23.3 Å². The van der Waals surface area contributed by atoms with E-state index in [-0.39, 0.29) is 17.6 Å². The summed E-state index contributed by atoms with van der Waals surface area (Å²) < 4.78 is 16.1. The smallest absolute Gasteiger partial charge is 0.229 e. The van der Waals surface area contributed by atoms with Gasteiger partial charge in [0.1, 0.15) is 5.82 Å². The molecule has 0 saturated carbocycles. The van der Waals surface area contributed by atoms with Gasteiger partial charge in [0.2, 0.25) is 5.91 Å². The van der Waals surface area contributed by atoms with Gasteiger partial charge in [-0.25, -0.2) is 4.39 Å². The Hall–Kier alpha value is -3.67. The zero-order valence-corrected chi connectivity index (χ0v) is 18.9. The van der Waals surface area contributed by atoms with Gasteiger partial charge in [0.25, 0.3) is 0 Å². The second kappa shape index (κ2) is 8.70. The number of carbonyl (C=O) groups excluding carboxylic acids is 1. The third-order valence-electron chi connectivity index (χ3n) is 6.48. The molecule has 3 heterocycles. The summed E-state index contributed by atoms with van der Waals surface area (Å²) in [6.45, 7) is 5.60. The van der Waals surface area contributed by atoms with Crippen molar-refractivity contribution in [3.05, 3.63) is 84.1 Å². The number of pyridine rings is 1. The second-order valence-electron chi connectivity index (χ2n) is 8.76. The first-order valence-corrected chi connectivity index (χ1v) is 11.3. The number of fused-ring (bicyclic) bond motifs is 1. The number of nitrogens with zero attached hydrogens (tertiary/aromatic N) is 3. The Balaban J connectivity index is 1.30. The normalized spacial score (nSPS) is 16.2. The van der Waals surface area contributed by atoms with Crippen molar-refractivity contribution in [1.82, 2.24) is 9.55 Å². The summed E-state index contributed by atoms with van der Waals surface area (Å²) in [6.07, 6.45) is 3.48. The highest BCUT2D eigenvalue weighted by Gasteiger charge is 2.27. The van der Waals surface area contributed by atoms with Crippen LogP contribution in [0.4, 0.5) is 15.8 Å². The zero-order valence-electron chi connectivity index (χ0n) is 18.9. The van der Waals surface area contributed by atoms with E-state index < -0.39 is 0 Å². The molecule has 1 N–H and O–H groups in total. The SMILES string of the molecule is Cc1ccc(C)n1-c1ccc(NC(=O)C2CCCN(c3ccnc4ccc(F)cc34)C2)cc1. The van der Waals surface area contributed by atoms with Crippen molar-refractivity contribution in [3.8, 4) is 5.69 Å². The molecule has 4 aromatic rings. The lowest BCUT2D eigenvalue weighted by Gasteiger charge is -2.34. The molecule has 2 aromatic carbocycles. The number of piperidine rings is 1. The number of hydrogen-bond acceptors (Lipinski definition) is 3. The maximum Gasteiger partial charge on any atom is 0.229 e. The van der Waals surface area contributed by atoms with E-state index in [1.54, 1.807) is 12.3 Å². The first-order chi connectivity index (χ1) is 16.0. The van der Waals surface area contributed by atoms with Crippen LogP contribution in [0.3, 0.4) is 0 Å². The first kappa shape index (κ1) is 21.2. The lowest BCUT2D eigenvalue weighted by molar-refractivity contribution is -0.120. The van der Waals surface area contributed by atoms with Crippen LogP contribution in [0.25, 0.3) is 16.6 Å². The molecule has 1 saturated heterocycles. The van der Waals surface area contributed by atoms with Gasteiger partial charge >= 0.3 is 0 Å². The highest BCUT2D eigenvalue weighted by molar-refractivity contribution is 5.94. The average molecular weight is 443 g/mol. The van der Waals surface area contributed by atoms with Crippen molar-refractivity contribution in [2.24, 2.45) is 5.92 Å². The number of amides is 1. The van der Waals surface area contributed by atoms with Crippen LogP contribution < -0.4 is 10.2 Å². The van der Waals surface area contributed by atoms with Crippen LogP contribution >= 0.6 is 0 Å². The Morgan fingerprint density at radius 1 is 1.03 bits per heavy atom. The van der Waals surface area contributed by atoms with Crippen LogP contribution in [0.1, 0.15) is 24.2 Å². The largest absolute Gasteiger partial charge is 0.370 e. The summed E-state index contributed by atoms with van der Waals surface area (Å²) >= 11 is 0. The van der Waals surface area contributed by atoms with Crippen molar-refractivity contribution in [2.45, 2.75) is 26.7 Å². The van der Waals surface area contributed by atoms with Crippen LogP contribution in [-0.4, -0.2) is 28.5 Å². The Kier molecular flexibility index (Phi) is 5.58. The molecule has 1 fully saturated rings. The highest BCUT2D eigenvalue weighted by atomic mass is 19.1. The molecule has 1 atom stereocenters. The highest BCUT2D eigenvalue weighted by Crippen LogP contribution is 2.30. The van der Waals surface area contributed by atoms with Crippen LogP contribution in [-0.2, 0) is 4.79 Å². The van der Waals surface area contributed by atoms with Crippen molar-refractivity contribution in [1.29, 1.82) is 0 Å².